The van der Waals surface area contributed by atoms with Crippen LogP contribution in [0.15, 0.2) is 48.7 Å². The Kier molecular flexibility index (Phi) is 4.15. The minimum absolute atomic E-state index is 0.174. The molecule has 2 N–H and O–H groups in total. The highest BCUT2D eigenvalue weighted by Gasteiger charge is 2.14. The van der Waals surface area contributed by atoms with Crippen LogP contribution in [0.4, 0.5) is 4.39 Å². The molecule has 0 bridgehead atoms. The number of pyridine rings is 2. The fraction of sp³-hybridized carbons (Fsp3) is 0.0588. The summed E-state index contributed by atoms with van der Waals surface area (Å²) in [5, 5.41) is 0.502. The van der Waals surface area contributed by atoms with Crippen molar-refractivity contribution in [1.82, 2.24) is 20.8 Å². The van der Waals surface area contributed by atoms with Crippen LogP contribution in [0.3, 0.4) is 0 Å². The van der Waals surface area contributed by atoms with Crippen LogP contribution in [0.5, 0.6) is 0 Å². The van der Waals surface area contributed by atoms with Gasteiger partial charge in [0.15, 0.2) is 0 Å². The molecule has 6 nitrogen and oxygen atoms in total. The van der Waals surface area contributed by atoms with Gasteiger partial charge in [-0.2, -0.15) is 0 Å². The van der Waals surface area contributed by atoms with Crippen molar-refractivity contribution < 1.29 is 14.0 Å². The average Bonchev–Trinajstić information content (AvgIpc) is 2.60. The monoisotopic (exact) mass is 324 g/mol. The molecule has 2 amide bonds. The molecule has 0 saturated heterocycles. The molecule has 0 fully saturated rings. The zero-order valence-electron chi connectivity index (χ0n) is 12.7. The summed E-state index contributed by atoms with van der Waals surface area (Å²) >= 11 is 0. The molecule has 0 atom stereocenters. The van der Waals surface area contributed by atoms with Gasteiger partial charge in [-0.05, 0) is 43.3 Å². The lowest BCUT2D eigenvalue weighted by atomic mass is 10.1. The first-order chi connectivity index (χ1) is 11.5. The molecule has 0 radical (unpaired) electrons. The van der Waals surface area contributed by atoms with E-state index in [4.69, 9.17) is 0 Å². The lowest BCUT2D eigenvalue weighted by molar-refractivity contribution is 0.0843. The molecule has 0 aliphatic carbocycles. The van der Waals surface area contributed by atoms with Gasteiger partial charge in [0.25, 0.3) is 11.8 Å². The SMILES string of the molecule is Cc1nc2ccc(F)cc2cc1C(=O)NNC(=O)c1ccccn1. The van der Waals surface area contributed by atoms with Crippen LogP contribution in [0.2, 0.25) is 0 Å². The minimum Gasteiger partial charge on any atom is -0.267 e. The average molecular weight is 324 g/mol. The van der Waals surface area contributed by atoms with Crippen LogP contribution in [0, 0.1) is 12.7 Å². The van der Waals surface area contributed by atoms with Crippen molar-refractivity contribution in [3.05, 3.63) is 71.4 Å². The van der Waals surface area contributed by atoms with E-state index in [1.165, 1.54) is 30.5 Å². The second-order valence-corrected chi connectivity index (χ2v) is 5.08. The maximum absolute atomic E-state index is 13.3. The highest BCUT2D eigenvalue weighted by Crippen LogP contribution is 2.17. The largest absolute Gasteiger partial charge is 0.288 e. The normalized spacial score (nSPS) is 10.4. The third-order valence-corrected chi connectivity index (χ3v) is 3.40. The summed E-state index contributed by atoms with van der Waals surface area (Å²) in [6.45, 7) is 1.66. The lowest BCUT2D eigenvalue weighted by Gasteiger charge is -2.09. The maximum atomic E-state index is 13.3. The van der Waals surface area contributed by atoms with Gasteiger partial charge < -0.3 is 0 Å². The summed E-state index contributed by atoms with van der Waals surface area (Å²) < 4.78 is 13.3. The molecule has 3 rings (SSSR count). The Morgan fingerprint density at radius 3 is 2.58 bits per heavy atom. The number of nitrogens with one attached hydrogen (secondary N) is 2. The van der Waals surface area contributed by atoms with Crippen LogP contribution in [0.1, 0.15) is 26.5 Å². The smallest absolute Gasteiger partial charge is 0.267 e. The second kappa shape index (κ2) is 6.41. The van der Waals surface area contributed by atoms with Crippen molar-refractivity contribution in [2.75, 3.05) is 0 Å². The summed E-state index contributed by atoms with van der Waals surface area (Å²) in [6, 6.07) is 10.5. The van der Waals surface area contributed by atoms with E-state index in [2.05, 4.69) is 20.8 Å². The van der Waals surface area contributed by atoms with Gasteiger partial charge in [-0.15, -0.1) is 0 Å². The summed E-state index contributed by atoms with van der Waals surface area (Å²) in [6.07, 6.45) is 1.47. The molecule has 24 heavy (non-hydrogen) atoms. The predicted octanol–water partition coefficient (Wildman–Crippen LogP) is 2.15. The molecule has 1 aromatic carbocycles. The van der Waals surface area contributed by atoms with E-state index in [1.54, 1.807) is 25.1 Å². The molecule has 0 saturated carbocycles. The number of nitrogens with zero attached hydrogens (tertiary/aromatic N) is 2. The third kappa shape index (κ3) is 3.19. The minimum atomic E-state index is -0.546. The number of fused-ring (bicyclic) bond motifs is 1. The molecule has 7 heteroatoms. The fourth-order valence-corrected chi connectivity index (χ4v) is 2.22. The Labute approximate surface area is 136 Å². The number of amides is 2. The van der Waals surface area contributed by atoms with Crippen LogP contribution < -0.4 is 10.9 Å². The van der Waals surface area contributed by atoms with Crippen LogP contribution in [0.25, 0.3) is 10.9 Å². The highest BCUT2D eigenvalue weighted by molar-refractivity contribution is 6.00. The standard InChI is InChI=1S/C17H13FN4O2/c1-10-13(9-11-8-12(18)5-6-14(11)20-10)16(23)21-22-17(24)15-4-2-3-7-19-15/h2-9H,1H3,(H,21,23)(H,22,24). The summed E-state index contributed by atoms with van der Waals surface area (Å²) in [5.41, 5.74) is 6.06. The molecule has 2 aromatic heterocycles. The first kappa shape index (κ1) is 15.5. The van der Waals surface area contributed by atoms with E-state index in [0.29, 0.717) is 16.6 Å². The number of hydrogen-bond donors (Lipinski definition) is 2. The van der Waals surface area contributed by atoms with Gasteiger partial charge >= 0.3 is 0 Å². The van der Waals surface area contributed by atoms with Crippen molar-refractivity contribution >= 4 is 22.7 Å². The predicted molar refractivity (Wildman–Crippen MR) is 85.6 cm³/mol. The fourth-order valence-electron chi connectivity index (χ4n) is 2.22. The Balaban J connectivity index is 1.78. The molecule has 3 aromatic rings. The third-order valence-electron chi connectivity index (χ3n) is 3.40. The molecule has 120 valence electrons. The van der Waals surface area contributed by atoms with E-state index in [9.17, 15) is 14.0 Å². The van der Waals surface area contributed by atoms with Crippen molar-refractivity contribution in [2.45, 2.75) is 6.92 Å². The zero-order valence-corrected chi connectivity index (χ0v) is 12.7. The number of hydrogen-bond acceptors (Lipinski definition) is 4. The molecule has 0 spiro atoms. The quantitative estimate of drug-likeness (QED) is 0.708. The molecule has 0 aliphatic rings. The molecule has 0 unspecified atom stereocenters. The molecule has 2 heterocycles. The molecular weight excluding hydrogens is 311 g/mol. The van der Waals surface area contributed by atoms with Gasteiger partial charge in [0.2, 0.25) is 0 Å². The van der Waals surface area contributed by atoms with E-state index in [1.807, 2.05) is 0 Å². The Morgan fingerprint density at radius 2 is 1.83 bits per heavy atom. The summed E-state index contributed by atoms with van der Waals surface area (Å²) in [7, 11) is 0. The van der Waals surface area contributed by atoms with Gasteiger partial charge in [-0.3, -0.25) is 30.4 Å². The first-order valence-corrected chi connectivity index (χ1v) is 7.13. The van der Waals surface area contributed by atoms with Crippen molar-refractivity contribution in [1.29, 1.82) is 0 Å². The summed E-state index contributed by atoms with van der Waals surface area (Å²) in [4.78, 5) is 32.3. The van der Waals surface area contributed by atoms with Crippen molar-refractivity contribution in [3.63, 3.8) is 0 Å². The number of rotatable bonds is 2. The highest BCUT2D eigenvalue weighted by atomic mass is 19.1. The number of halogens is 1. The Morgan fingerprint density at radius 1 is 1.04 bits per heavy atom. The Hall–Kier alpha value is -3.35. The Bertz CT molecular complexity index is 929. The number of benzene rings is 1. The van der Waals surface area contributed by atoms with Gasteiger partial charge in [0, 0.05) is 11.6 Å². The van der Waals surface area contributed by atoms with Crippen LogP contribution >= 0.6 is 0 Å². The topological polar surface area (TPSA) is 84.0 Å². The second-order valence-electron chi connectivity index (χ2n) is 5.08. The number of carbonyl (C=O) groups is 2. The van der Waals surface area contributed by atoms with E-state index in [0.717, 1.165) is 0 Å². The molecular formula is C17H13FN4O2. The lowest BCUT2D eigenvalue weighted by Crippen LogP contribution is -2.42. The number of carbonyl (C=O) groups excluding carboxylic acids is 2. The number of hydrazine groups is 1. The van der Waals surface area contributed by atoms with Crippen molar-refractivity contribution in [2.24, 2.45) is 0 Å². The maximum Gasteiger partial charge on any atom is 0.288 e. The van der Waals surface area contributed by atoms with Crippen molar-refractivity contribution in [3.8, 4) is 0 Å². The van der Waals surface area contributed by atoms with Gasteiger partial charge in [0.05, 0.1) is 16.8 Å². The molecule has 0 aliphatic heterocycles. The van der Waals surface area contributed by atoms with Crippen LogP contribution in [-0.4, -0.2) is 21.8 Å². The van der Waals surface area contributed by atoms with E-state index >= 15 is 0 Å². The van der Waals surface area contributed by atoms with Gasteiger partial charge in [-0.1, -0.05) is 6.07 Å². The number of aromatic nitrogens is 2. The van der Waals surface area contributed by atoms with Crippen LogP contribution in [-0.2, 0) is 0 Å². The van der Waals surface area contributed by atoms with E-state index in [-0.39, 0.29) is 11.3 Å². The first-order valence-electron chi connectivity index (χ1n) is 7.13. The van der Waals surface area contributed by atoms with E-state index < -0.39 is 17.6 Å². The van der Waals surface area contributed by atoms with Gasteiger partial charge in [-0.25, -0.2) is 4.39 Å². The van der Waals surface area contributed by atoms with Gasteiger partial charge in [0.1, 0.15) is 11.5 Å². The number of aryl methyl sites for hydroxylation is 1. The summed E-state index contributed by atoms with van der Waals surface area (Å²) in [5.74, 6) is -1.50. The zero-order chi connectivity index (χ0) is 17.1.